The molecule has 0 saturated carbocycles. The largest absolute Gasteiger partial charge is 0.346 e. The number of hydrogen-bond donors (Lipinski definition) is 1. The van der Waals surface area contributed by atoms with Crippen LogP contribution in [0.1, 0.15) is 36.8 Å². The fourth-order valence-corrected chi connectivity index (χ4v) is 4.33. The van der Waals surface area contributed by atoms with Gasteiger partial charge in [0.2, 0.25) is 5.82 Å². The van der Waals surface area contributed by atoms with Crippen LogP contribution in [0.3, 0.4) is 0 Å². The summed E-state index contributed by atoms with van der Waals surface area (Å²) in [5.41, 5.74) is 0.535. The topological polar surface area (TPSA) is 63.1 Å². The highest BCUT2D eigenvalue weighted by Crippen LogP contribution is 2.26. The first-order chi connectivity index (χ1) is 14.1. The van der Waals surface area contributed by atoms with Crippen molar-refractivity contribution in [3.63, 3.8) is 0 Å². The summed E-state index contributed by atoms with van der Waals surface area (Å²) in [6.45, 7) is 5.26. The van der Waals surface area contributed by atoms with Gasteiger partial charge in [-0.25, -0.2) is 14.1 Å². The van der Waals surface area contributed by atoms with Crippen LogP contribution in [0, 0.1) is 5.82 Å². The molecule has 1 aromatic carbocycles. The van der Waals surface area contributed by atoms with E-state index in [0.29, 0.717) is 11.5 Å². The van der Waals surface area contributed by atoms with E-state index in [9.17, 15) is 9.18 Å². The van der Waals surface area contributed by atoms with Crippen molar-refractivity contribution < 1.29 is 9.18 Å². The second kappa shape index (κ2) is 8.84. The quantitative estimate of drug-likeness (QED) is 0.669. The number of amides is 1. The van der Waals surface area contributed by atoms with Gasteiger partial charge in [0, 0.05) is 19.1 Å². The van der Waals surface area contributed by atoms with Crippen molar-refractivity contribution >= 4 is 17.2 Å². The number of thiophene rings is 1. The van der Waals surface area contributed by atoms with E-state index in [1.165, 1.54) is 28.2 Å². The lowest BCUT2D eigenvalue weighted by Gasteiger charge is -2.31. The maximum Gasteiger partial charge on any atom is 0.291 e. The Kier molecular flexibility index (Phi) is 6.01. The standard InChI is InChI=1S/C21H24FN5OS/c1-2-10-26-11-8-16(9-12-26)23-21(28)19-24-20(18-7-4-13-29-18)27(25-19)17-6-3-5-15(22)14-17/h3-7,13-14,16H,2,8-12H2,1H3,(H,23,28). The number of rotatable bonds is 6. The summed E-state index contributed by atoms with van der Waals surface area (Å²) in [5.74, 6) is -0.00552. The summed E-state index contributed by atoms with van der Waals surface area (Å²) in [6, 6.07) is 10.1. The van der Waals surface area contributed by atoms with Crippen molar-refractivity contribution in [2.24, 2.45) is 0 Å². The minimum absolute atomic E-state index is 0.105. The first-order valence-electron chi connectivity index (χ1n) is 9.94. The van der Waals surface area contributed by atoms with E-state index < -0.39 is 0 Å². The predicted octanol–water partition coefficient (Wildman–Crippen LogP) is 3.74. The molecule has 2 aromatic heterocycles. The molecule has 1 N–H and O–H groups in total. The number of carbonyl (C=O) groups excluding carboxylic acids is 1. The summed E-state index contributed by atoms with van der Waals surface area (Å²) in [7, 11) is 0. The van der Waals surface area contributed by atoms with E-state index in [1.54, 1.807) is 12.1 Å². The molecule has 0 unspecified atom stereocenters. The van der Waals surface area contributed by atoms with Crippen molar-refractivity contribution in [2.45, 2.75) is 32.2 Å². The molecule has 0 radical (unpaired) electrons. The molecular formula is C21H24FN5OS. The maximum atomic E-state index is 13.7. The summed E-state index contributed by atoms with van der Waals surface area (Å²) in [4.78, 5) is 20.6. The summed E-state index contributed by atoms with van der Waals surface area (Å²) >= 11 is 1.50. The zero-order valence-corrected chi connectivity index (χ0v) is 17.2. The molecule has 6 nitrogen and oxygen atoms in total. The maximum absolute atomic E-state index is 13.7. The molecule has 3 aromatic rings. The van der Waals surface area contributed by atoms with E-state index in [1.807, 2.05) is 17.5 Å². The average Bonchev–Trinajstić information content (AvgIpc) is 3.39. The molecular weight excluding hydrogens is 389 g/mol. The Morgan fingerprint density at radius 2 is 2.10 bits per heavy atom. The first-order valence-corrected chi connectivity index (χ1v) is 10.8. The zero-order chi connectivity index (χ0) is 20.2. The van der Waals surface area contributed by atoms with Gasteiger partial charge in [0.05, 0.1) is 10.6 Å². The van der Waals surface area contributed by atoms with Crippen LogP contribution in [-0.4, -0.2) is 51.2 Å². The van der Waals surface area contributed by atoms with E-state index in [0.717, 1.165) is 43.8 Å². The molecule has 0 atom stereocenters. The molecule has 1 aliphatic rings. The summed E-state index contributed by atoms with van der Waals surface area (Å²) in [6.07, 6.45) is 2.99. The van der Waals surface area contributed by atoms with Gasteiger partial charge >= 0.3 is 0 Å². The number of benzene rings is 1. The number of nitrogens with zero attached hydrogens (tertiary/aromatic N) is 4. The molecule has 152 valence electrons. The van der Waals surface area contributed by atoms with Crippen LogP contribution in [0.25, 0.3) is 16.4 Å². The lowest BCUT2D eigenvalue weighted by Crippen LogP contribution is -2.45. The van der Waals surface area contributed by atoms with Gasteiger partial charge in [-0.1, -0.05) is 19.1 Å². The smallest absolute Gasteiger partial charge is 0.291 e. The molecule has 8 heteroatoms. The Balaban J connectivity index is 1.55. The predicted molar refractivity (Wildman–Crippen MR) is 112 cm³/mol. The lowest BCUT2D eigenvalue weighted by atomic mass is 10.0. The molecule has 0 spiro atoms. The van der Waals surface area contributed by atoms with Crippen LogP contribution in [0.5, 0.6) is 0 Å². The Morgan fingerprint density at radius 3 is 2.79 bits per heavy atom. The minimum atomic E-state index is -0.361. The Morgan fingerprint density at radius 1 is 1.28 bits per heavy atom. The van der Waals surface area contributed by atoms with E-state index in [2.05, 4.69) is 27.2 Å². The molecule has 0 aliphatic carbocycles. The zero-order valence-electron chi connectivity index (χ0n) is 16.3. The number of carbonyl (C=O) groups is 1. The van der Waals surface area contributed by atoms with Crippen LogP contribution in [0.15, 0.2) is 41.8 Å². The molecule has 1 amide bonds. The lowest BCUT2D eigenvalue weighted by molar-refractivity contribution is 0.0900. The fourth-order valence-electron chi connectivity index (χ4n) is 3.63. The van der Waals surface area contributed by atoms with Crippen molar-refractivity contribution in [3.05, 3.63) is 53.4 Å². The first kappa shape index (κ1) is 19.7. The second-order valence-electron chi connectivity index (χ2n) is 7.22. The van der Waals surface area contributed by atoms with Gasteiger partial charge in [0.25, 0.3) is 5.91 Å². The van der Waals surface area contributed by atoms with Gasteiger partial charge in [0.1, 0.15) is 5.82 Å². The van der Waals surface area contributed by atoms with Crippen molar-refractivity contribution in [1.29, 1.82) is 0 Å². The number of aromatic nitrogens is 3. The van der Waals surface area contributed by atoms with Crippen molar-refractivity contribution in [3.8, 4) is 16.4 Å². The number of nitrogens with one attached hydrogen (secondary N) is 1. The molecule has 1 saturated heterocycles. The van der Waals surface area contributed by atoms with Crippen molar-refractivity contribution in [1.82, 2.24) is 25.0 Å². The van der Waals surface area contributed by atoms with E-state index >= 15 is 0 Å². The normalized spacial score (nSPS) is 15.5. The van der Waals surface area contributed by atoms with Crippen LogP contribution in [0.4, 0.5) is 4.39 Å². The Bertz CT molecular complexity index is 963. The van der Waals surface area contributed by atoms with Gasteiger partial charge in [-0.15, -0.1) is 16.4 Å². The average molecular weight is 414 g/mol. The fraction of sp³-hybridized carbons (Fsp3) is 0.381. The molecule has 1 fully saturated rings. The summed E-state index contributed by atoms with van der Waals surface area (Å²) < 4.78 is 15.3. The monoisotopic (exact) mass is 413 g/mol. The van der Waals surface area contributed by atoms with E-state index in [-0.39, 0.29) is 23.6 Å². The van der Waals surface area contributed by atoms with Crippen LogP contribution in [0.2, 0.25) is 0 Å². The van der Waals surface area contributed by atoms with Gasteiger partial charge in [-0.2, -0.15) is 0 Å². The van der Waals surface area contributed by atoms with Crippen LogP contribution < -0.4 is 5.32 Å². The van der Waals surface area contributed by atoms with Crippen LogP contribution in [-0.2, 0) is 0 Å². The Hall–Kier alpha value is -2.58. The molecule has 1 aliphatic heterocycles. The van der Waals surface area contributed by atoms with Gasteiger partial charge in [0.15, 0.2) is 5.82 Å². The van der Waals surface area contributed by atoms with Gasteiger partial charge in [-0.05, 0) is 55.5 Å². The highest BCUT2D eigenvalue weighted by molar-refractivity contribution is 7.13. The Labute approximate surface area is 173 Å². The van der Waals surface area contributed by atoms with Gasteiger partial charge < -0.3 is 10.2 Å². The SMILES string of the molecule is CCCN1CCC(NC(=O)c2nc(-c3cccs3)n(-c3cccc(F)c3)n2)CC1. The molecule has 29 heavy (non-hydrogen) atoms. The third-order valence-electron chi connectivity index (χ3n) is 5.07. The number of halogens is 1. The number of piperidine rings is 1. The highest BCUT2D eigenvalue weighted by Gasteiger charge is 2.24. The van der Waals surface area contributed by atoms with Crippen molar-refractivity contribution in [2.75, 3.05) is 19.6 Å². The van der Waals surface area contributed by atoms with Gasteiger partial charge in [-0.3, -0.25) is 4.79 Å². The minimum Gasteiger partial charge on any atom is -0.346 e. The third kappa shape index (κ3) is 4.54. The molecule has 3 heterocycles. The third-order valence-corrected chi connectivity index (χ3v) is 5.93. The summed E-state index contributed by atoms with van der Waals surface area (Å²) in [5, 5.41) is 9.42. The number of likely N-dealkylation sites (tertiary alicyclic amines) is 1. The van der Waals surface area contributed by atoms with E-state index in [4.69, 9.17) is 0 Å². The highest BCUT2D eigenvalue weighted by atomic mass is 32.1. The van der Waals surface area contributed by atoms with Crippen LogP contribution >= 0.6 is 11.3 Å². The molecule has 4 rings (SSSR count). The second-order valence-corrected chi connectivity index (χ2v) is 8.17. The number of hydrogen-bond acceptors (Lipinski definition) is 5. The molecule has 0 bridgehead atoms.